The highest BCUT2D eigenvalue weighted by molar-refractivity contribution is 5.98. The molecule has 36 heavy (non-hydrogen) atoms. The maximum atomic E-state index is 13.1. The van der Waals surface area contributed by atoms with E-state index >= 15 is 0 Å². The van der Waals surface area contributed by atoms with Gasteiger partial charge in [0.05, 0.1) is 17.4 Å². The topological polar surface area (TPSA) is 95.8 Å². The average Bonchev–Trinajstić information content (AvgIpc) is 3.58. The number of amides is 1. The van der Waals surface area contributed by atoms with Gasteiger partial charge in [0.2, 0.25) is 0 Å². The number of rotatable bonds is 4. The molecule has 0 aliphatic carbocycles. The highest BCUT2D eigenvalue weighted by atomic mass is 16.2. The van der Waals surface area contributed by atoms with Crippen LogP contribution >= 0.6 is 0 Å². The summed E-state index contributed by atoms with van der Waals surface area (Å²) in [6.07, 6.45) is 11.1. The van der Waals surface area contributed by atoms with Crippen molar-refractivity contribution < 1.29 is 4.79 Å². The Labute approximate surface area is 207 Å². The summed E-state index contributed by atoms with van der Waals surface area (Å²) in [6.45, 7) is 3.38. The molecule has 9 heteroatoms. The summed E-state index contributed by atoms with van der Waals surface area (Å²) < 4.78 is 1.99. The molecule has 1 radical (unpaired) electrons. The number of H-pyrrole nitrogens is 1. The third-order valence-electron chi connectivity index (χ3n) is 7.42. The molecule has 1 amide bonds. The van der Waals surface area contributed by atoms with Gasteiger partial charge in [-0.15, -0.1) is 0 Å². The van der Waals surface area contributed by atoms with Gasteiger partial charge < -0.3 is 9.88 Å². The molecule has 9 nitrogen and oxygen atoms in total. The van der Waals surface area contributed by atoms with Crippen LogP contribution in [0.25, 0.3) is 33.2 Å². The molecule has 0 spiro atoms. The lowest BCUT2D eigenvalue weighted by atomic mass is 9.97. The third-order valence-corrected chi connectivity index (χ3v) is 7.42. The Kier molecular flexibility index (Phi) is 5.02. The van der Waals surface area contributed by atoms with Crippen molar-refractivity contribution in [2.75, 3.05) is 26.2 Å². The first-order valence-corrected chi connectivity index (χ1v) is 12.3. The zero-order valence-corrected chi connectivity index (χ0v) is 19.7. The minimum absolute atomic E-state index is 0.111. The van der Waals surface area contributed by atoms with E-state index in [1.165, 1.54) is 6.04 Å². The number of pyridine rings is 1. The molecular weight excluding hydrogens is 452 g/mol. The van der Waals surface area contributed by atoms with Gasteiger partial charge in [-0.2, -0.15) is 5.10 Å². The molecule has 6 heterocycles. The molecule has 1 N–H and O–H groups in total. The zero-order valence-electron chi connectivity index (χ0n) is 19.7. The maximum Gasteiger partial charge on any atom is 0.253 e. The number of fused-ring (bicyclic) bond motifs is 2. The van der Waals surface area contributed by atoms with Gasteiger partial charge in [-0.1, -0.05) is 6.07 Å². The summed E-state index contributed by atoms with van der Waals surface area (Å²) in [5.41, 5.74) is 4.37. The van der Waals surface area contributed by atoms with E-state index in [0.29, 0.717) is 6.04 Å². The number of aromatic nitrogens is 6. The fourth-order valence-corrected chi connectivity index (χ4v) is 5.37. The number of hydrogen-bond acceptors (Lipinski definition) is 6. The number of aromatic amines is 1. The average molecular weight is 478 g/mol. The van der Waals surface area contributed by atoms with Crippen molar-refractivity contribution in [3.05, 3.63) is 79.1 Å². The van der Waals surface area contributed by atoms with Crippen LogP contribution in [0.2, 0.25) is 0 Å². The number of likely N-dealkylation sites (tertiary alicyclic amines) is 2. The van der Waals surface area contributed by atoms with Gasteiger partial charge in [-0.3, -0.25) is 19.4 Å². The number of carbonyl (C=O) groups is 1. The van der Waals surface area contributed by atoms with E-state index in [2.05, 4.69) is 36.1 Å². The Morgan fingerprint density at radius 2 is 1.92 bits per heavy atom. The molecular formula is C27H25N8O. The highest BCUT2D eigenvalue weighted by Gasteiger charge is 2.37. The second-order valence-corrected chi connectivity index (χ2v) is 9.54. The molecule has 2 aliphatic heterocycles. The molecule has 0 saturated carbocycles. The molecule has 2 fully saturated rings. The number of carbonyl (C=O) groups excluding carboxylic acids is 1. The normalized spacial score (nSPS) is 17.6. The number of piperidine rings is 1. The Hall–Kier alpha value is -4.11. The van der Waals surface area contributed by atoms with Crippen molar-refractivity contribution in [1.29, 1.82) is 0 Å². The standard InChI is InChI=1S/C27H25N8O/c36-27(19-3-4-24-18(12-19)2-1-8-28-24)33-10-6-21(7-11-33)34-15-22(16-34)35-14-20(13-32-35)25-23-5-9-29-26(23)31-17-30-25/h1-5,8-9,12-14,17,21H,6-7,10-11,15-16H2,(H,29,30,31). The van der Waals surface area contributed by atoms with E-state index in [1.807, 2.05) is 58.4 Å². The van der Waals surface area contributed by atoms with Crippen molar-refractivity contribution in [2.45, 2.75) is 18.9 Å². The fraction of sp³-hybridized carbons (Fsp3) is 0.259. The first kappa shape index (κ1) is 21.2. The van der Waals surface area contributed by atoms with Crippen molar-refractivity contribution in [3.63, 3.8) is 0 Å². The van der Waals surface area contributed by atoms with Crippen molar-refractivity contribution in [1.82, 2.24) is 39.5 Å². The van der Waals surface area contributed by atoms with E-state index < -0.39 is 0 Å². The molecule has 0 atom stereocenters. The van der Waals surface area contributed by atoms with Crippen LogP contribution in [0.15, 0.2) is 67.5 Å². The van der Waals surface area contributed by atoms with Crippen molar-refractivity contribution in [3.8, 4) is 11.3 Å². The summed E-state index contributed by atoms with van der Waals surface area (Å²) in [4.78, 5) is 33.8. The largest absolute Gasteiger partial charge is 0.346 e. The van der Waals surface area contributed by atoms with Crippen molar-refractivity contribution in [2.24, 2.45) is 0 Å². The second-order valence-electron chi connectivity index (χ2n) is 9.54. The first-order chi connectivity index (χ1) is 17.7. The molecule has 2 saturated heterocycles. The fourth-order valence-electron chi connectivity index (χ4n) is 5.37. The van der Waals surface area contributed by atoms with Crippen LogP contribution < -0.4 is 0 Å². The van der Waals surface area contributed by atoms with Gasteiger partial charge in [-0.25, -0.2) is 9.97 Å². The summed E-state index contributed by atoms with van der Waals surface area (Å²) in [5, 5.41) is 6.60. The summed E-state index contributed by atoms with van der Waals surface area (Å²) >= 11 is 0. The minimum atomic E-state index is 0.111. The first-order valence-electron chi connectivity index (χ1n) is 12.3. The van der Waals surface area contributed by atoms with E-state index in [9.17, 15) is 4.79 Å². The SMILES string of the molecule is O=C(c1ccc2ncccc2c1)N1CCC(N2C[C](n3cc(-c4ncnc5[nH]ccc45)cn3)C2)CC1. The van der Waals surface area contributed by atoms with Crippen LogP contribution in [0.1, 0.15) is 23.2 Å². The second kappa shape index (κ2) is 8.53. The summed E-state index contributed by atoms with van der Waals surface area (Å²) in [5.74, 6) is 0.111. The maximum absolute atomic E-state index is 13.1. The van der Waals surface area contributed by atoms with Crippen molar-refractivity contribution >= 4 is 27.8 Å². The minimum Gasteiger partial charge on any atom is -0.346 e. The lowest BCUT2D eigenvalue weighted by Gasteiger charge is -2.46. The number of nitrogens with one attached hydrogen (secondary N) is 1. The predicted octanol–water partition coefficient (Wildman–Crippen LogP) is 3.37. The van der Waals surface area contributed by atoms with E-state index in [-0.39, 0.29) is 5.91 Å². The predicted molar refractivity (Wildman–Crippen MR) is 136 cm³/mol. The molecule has 1 aromatic carbocycles. The van der Waals surface area contributed by atoms with Gasteiger partial charge in [0.25, 0.3) is 5.91 Å². The Bertz CT molecular complexity index is 1560. The third kappa shape index (κ3) is 3.63. The van der Waals surface area contributed by atoms with Crippen LogP contribution in [0.4, 0.5) is 0 Å². The van der Waals surface area contributed by atoms with E-state index in [4.69, 9.17) is 0 Å². The smallest absolute Gasteiger partial charge is 0.253 e. The van der Waals surface area contributed by atoms with Gasteiger partial charge in [0.15, 0.2) is 0 Å². The molecule has 7 rings (SSSR count). The lowest BCUT2D eigenvalue weighted by Crippen LogP contribution is -2.56. The quantitative estimate of drug-likeness (QED) is 0.426. The Morgan fingerprint density at radius 1 is 1.03 bits per heavy atom. The molecule has 2 aliphatic rings. The summed E-state index contributed by atoms with van der Waals surface area (Å²) in [7, 11) is 0. The number of hydrogen-bond donors (Lipinski definition) is 1. The lowest BCUT2D eigenvalue weighted by molar-refractivity contribution is 0.0515. The monoisotopic (exact) mass is 477 g/mol. The molecule has 5 aromatic rings. The highest BCUT2D eigenvalue weighted by Crippen LogP contribution is 2.30. The molecule has 179 valence electrons. The number of nitrogens with zero attached hydrogens (tertiary/aromatic N) is 7. The van der Waals surface area contributed by atoms with Gasteiger partial charge in [-0.05, 0) is 43.2 Å². The van der Waals surface area contributed by atoms with E-state index in [0.717, 1.165) is 77.8 Å². The van der Waals surface area contributed by atoms with Crippen LogP contribution in [-0.4, -0.2) is 77.6 Å². The summed E-state index contributed by atoms with van der Waals surface area (Å²) in [6, 6.07) is 13.4. The van der Waals surface area contributed by atoms with Crippen LogP contribution in [0.3, 0.4) is 0 Å². The van der Waals surface area contributed by atoms with Gasteiger partial charge in [0, 0.05) is 72.7 Å². The van der Waals surface area contributed by atoms with Crippen LogP contribution in [-0.2, 0) is 0 Å². The molecule has 0 bridgehead atoms. The van der Waals surface area contributed by atoms with Gasteiger partial charge in [0.1, 0.15) is 18.0 Å². The van der Waals surface area contributed by atoms with E-state index in [1.54, 1.807) is 12.5 Å². The zero-order chi connectivity index (χ0) is 24.1. The van der Waals surface area contributed by atoms with Crippen LogP contribution in [0.5, 0.6) is 0 Å². The molecule has 4 aromatic heterocycles. The van der Waals surface area contributed by atoms with Gasteiger partial charge >= 0.3 is 0 Å². The Morgan fingerprint density at radius 3 is 2.81 bits per heavy atom. The molecule has 0 unspecified atom stereocenters. The number of benzene rings is 1. The Balaban J connectivity index is 0.958. The van der Waals surface area contributed by atoms with Crippen LogP contribution in [0, 0.1) is 6.04 Å².